The highest BCUT2D eigenvalue weighted by Gasteiger charge is 2.38. The summed E-state index contributed by atoms with van der Waals surface area (Å²) in [6, 6.07) is 16.6. The Balaban J connectivity index is 1.60. The lowest BCUT2D eigenvalue weighted by Crippen LogP contribution is -2.42. The zero-order valence-corrected chi connectivity index (χ0v) is 16.2. The van der Waals surface area contributed by atoms with Gasteiger partial charge in [-0.1, -0.05) is 36.4 Å². The maximum atomic E-state index is 12.4. The molecule has 7 heteroatoms. The van der Waals surface area contributed by atoms with Gasteiger partial charge in [0.2, 0.25) is 0 Å². The minimum absolute atomic E-state index is 0.213. The molecule has 1 amide bonds. The van der Waals surface area contributed by atoms with Crippen LogP contribution in [0.1, 0.15) is 29.8 Å². The minimum Gasteiger partial charge on any atom is -0.419 e. The van der Waals surface area contributed by atoms with Gasteiger partial charge in [-0.15, -0.1) is 0 Å². The molecule has 1 saturated heterocycles. The highest BCUT2D eigenvalue weighted by atomic mass is 16.7. The van der Waals surface area contributed by atoms with Crippen molar-refractivity contribution in [1.82, 2.24) is 5.32 Å². The predicted molar refractivity (Wildman–Crippen MR) is 107 cm³/mol. The minimum atomic E-state index is -1.29. The molecule has 0 aromatic heterocycles. The fourth-order valence-corrected chi connectivity index (χ4v) is 2.75. The third kappa shape index (κ3) is 5.44. The highest BCUT2D eigenvalue weighted by Crippen LogP contribution is 2.22. The van der Waals surface area contributed by atoms with Crippen LogP contribution in [-0.2, 0) is 25.5 Å². The van der Waals surface area contributed by atoms with Crippen molar-refractivity contribution >= 4 is 23.5 Å². The molecule has 2 aromatic carbocycles. The van der Waals surface area contributed by atoms with Gasteiger partial charge in [0.1, 0.15) is 0 Å². The second-order valence-corrected chi connectivity index (χ2v) is 6.95. The van der Waals surface area contributed by atoms with E-state index >= 15 is 0 Å². The van der Waals surface area contributed by atoms with Gasteiger partial charge in [0.15, 0.2) is 5.57 Å². The number of carbonyl (C=O) groups excluding carboxylic acids is 3. The number of carbonyl (C=O) groups is 3. The number of nitrogens with one attached hydrogen (secondary N) is 2. The van der Waals surface area contributed by atoms with E-state index < -0.39 is 17.7 Å². The Morgan fingerprint density at radius 3 is 2.38 bits per heavy atom. The second-order valence-electron chi connectivity index (χ2n) is 6.95. The van der Waals surface area contributed by atoms with Crippen LogP contribution in [0.3, 0.4) is 0 Å². The first kappa shape index (κ1) is 20.1. The lowest BCUT2D eigenvalue weighted by Gasteiger charge is -2.29. The molecule has 1 heterocycles. The molecule has 0 aliphatic carbocycles. The summed E-state index contributed by atoms with van der Waals surface area (Å²) in [6.07, 6.45) is 1.95. The molecule has 1 aliphatic rings. The molecule has 7 nitrogen and oxygen atoms in total. The first-order valence-corrected chi connectivity index (χ1v) is 9.20. The van der Waals surface area contributed by atoms with Crippen LogP contribution in [0.15, 0.2) is 66.4 Å². The SMILES string of the molecule is CC1(C)OC(=O)C(=CNc2cccc(C(=O)NCCc3ccccc3)c2)C(=O)O1. The molecule has 1 fully saturated rings. The Hall–Kier alpha value is -3.61. The van der Waals surface area contributed by atoms with E-state index in [0.29, 0.717) is 17.8 Å². The first-order chi connectivity index (χ1) is 13.8. The molecule has 3 rings (SSSR count). The van der Waals surface area contributed by atoms with E-state index in [-0.39, 0.29) is 11.5 Å². The number of hydrogen-bond donors (Lipinski definition) is 2. The summed E-state index contributed by atoms with van der Waals surface area (Å²) < 4.78 is 10.1. The van der Waals surface area contributed by atoms with Crippen LogP contribution in [0, 0.1) is 0 Å². The summed E-state index contributed by atoms with van der Waals surface area (Å²) in [4.78, 5) is 36.3. The number of ether oxygens (including phenoxy) is 2. The van der Waals surface area contributed by atoms with Gasteiger partial charge in [-0.2, -0.15) is 0 Å². The van der Waals surface area contributed by atoms with Gasteiger partial charge in [0.05, 0.1) is 0 Å². The lowest BCUT2D eigenvalue weighted by molar-refractivity contribution is -0.222. The number of hydrogen-bond acceptors (Lipinski definition) is 6. The standard InChI is InChI=1S/C22H22N2O5/c1-22(2)28-20(26)18(21(27)29-22)14-24-17-10-6-9-16(13-17)19(25)23-12-11-15-7-4-3-5-8-15/h3-10,13-14,24H,11-12H2,1-2H3,(H,23,25). The maximum absolute atomic E-state index is 12.4. The molecule has 0 spiro atoms. The zero-order valence-electron chi connectivity index (χ0n) is 16.2. The molecule has 0 bridgehead atoms. The van der Waals surface area contributed by atoms with Crippen molar-refractivity contribution in [2.75, 3.05) is 11.9 Å². The van der Waals surface area contributed by atoms with Crippen molar-refractivity contribution in [3.05, 3.63) is 77.5 Å². The van der Waals surface area contributed by atoms with E-state index in [1.807, 2.05) is 30.3 Å². The molecule has 1 aliphatic heterocycles. The number of cyclic esters (lactones) is 2. The average molecular weight is 394 g/mol. The number of anilines is 1. The molecule has 0 radical (unpaired) electrons. The first-order valence-electron chi connectivity index (χ1n) is 9.20. The molecule has 0 unspecified atom stereocenters. The van der Waals surface area contributed by atoms with Crippen LogP contribution >= 0.6 is 0 Å². The molecular formula is C22H22N2O5. The Labute approximate surface area is 168 Å². The highest BCUT2D eigenvalue weighted by molar-refractivity contribution is 6.15. The Bertz CT molecular complexity index is 929. The average Bonchev–Trinajstić information content (AvgIpc) is 2.67. The third-order valence-corrected chi connectivity index (χ3v) is 4.17. The zero-order chi connectivity index (χ0) is 20.9. The van der Waals surface area contributed by atoms with Crippen LogP contribution in [0.25, 0.3) is 0 Å². The van der Waals surface area contributed by atoms with Crippen LogP contribution in [0.5, 0.6) is 0 Å². The van der Waals surface area contributed by atoms with E-state index in [4.69, 9.17) is 9.47 Å². The number of benzene rings is 2. The van der Waals surface area contributed by atoms with Crippen molar-refractivity contribution in [2.45, 2.75) is 26.1 Å². The van der Waals surface area contributed by atoms with Gasteiger partial charge < -0.3 is 20.1 Å². The molecule has 0 atom stereocenters. The van der Waals surface area contributed by atoms with E-state index in [9.17, 15) is 14.4 Å². The van der Waals surface area contributed by atoms with Crippen LogP contribution in [0.4, 0.5) is 5.69 Å². The Morgan fingerprint density at radius 1 is 1.00 bits per heavy atom. The number of amides is 1. The van der Waals surface area contributed by atoms with Gasteiger partial charge >= 0.3 is 11.9 Å². The van der Waals surface area contributed by atoms with Crippen LogP contribution < -0.4 is 10.6 Å². The Kier molecular flexibility index (Phi) is 5.97. The maximum Gasteiger partial charge on any atom is 0.350 e. The summed E-state index contributed by atoms with van der Waals surface area (Å²) in [7, 11) is 0. The topological polar surface area (TPSA) is 93.7 Å². The molecule has 2 N–H and O–H groups in total. The van der Waals surface area contributed by atoms with Gasteiger partial charge in [-0.05, 0) is 30.2 Å². The molecule has 150 valence electrons. The largest absolute Gasteiger partial charge is 0.419 e. The monoisotopic (exact) mass is 394 g/mol. The fourth-order valence-electron chi connectivity index (χ4n) is 2.75. The smallest absolute Gasteiger partial charge is 0.350 e. The van der Waals surface area contributed by atoms with Crippen molar-refractivity contribution in [3.63, 3.8) is 0 Å². The van der Waals surface area contributed by atoms with E-state index in [1.165, 1.54) is 20.0 Å². The van der Waals surface area contributed by atoms with Crippen molar-refractivity contribution in [3.8, 4) is 0 Å². The number of esters is 2. The normalized spacial score (nSPS) is 15.2. The van der Waals surface area contributed by atoms with E-state index in [2.05, 4.69) is 10.6 Å². The van der Waals surface area contributed by atoms with Gasteiger partial charge in [0, 0.05) is 37.8 Å². The molecule has 2 aromatic rings. The third-order valence-electron chi connectivity index (χ3n) is 4.17. The van der Waals surface area contributed by atoms with Gasteiger partial charge in [-0.3, -0.25) is 4.79 Å². The summed E-state index contributed by atoms with van der Waals surface area (Å²) in [5.41, 5.74) is 1.89. The van der Waals surface area contributed by atoms with Crippen LogP contribution in [-0.4, -0.2) is 30.2 Å². The quantitative estimate of drug-likeness (QED) is 0.445. The summed E-state index contributed by atoms with van der Waals surface area (Å²) in [5, 5.41) is 5.71. The van der Waals surface area contributed by atoms with E-state index in [1.54, 1.807) is 24.3 Å². The van der Waals surface area contributed by atoms with Crippen molar-refractivity contribution in [1.29, 1.82) is 0 Å². The fraction of sp³-hybridized carbons (Fsp3) is 0.227. The summed E-state index contributed by atoms with van der Waals surface area (Å²) in [5.74, 6) is -3.04. The van der Waals surface area contributed by atoms with Gasteiger partial charge in [0.25, 0.3) is 11.7 Å². The molecule has 29 heavy (non-hydrogen) atoms. The predicted octanol–water partition coefficient (Wildman–Crippen LogP) is 2.79. The lowest BCUT2D eigenvalue weighted by atomic mass is 10.1. The molecule has 0 saturated carbocycles. The van der Waals surface area contributed by atoms with Crippen molar-refractivity contribution in [2.24, 2.45) is 0 Å². The molecular weight excluding hydrogens is 372 g/mol. The van der Waals surface area contributed by atoms with Gasteiger partial charge in [-0.25, -0.2) is 9.59 Å². The van der Waals surface area contributed by atoms with Crippen molar-refractivity contribution < 1.29 is 23.9 Å². The summed E-state index contributed by atoms with van der Waals surface area (Å²) in [6.45, 7) is 3.47. The van der Waals surface area contributed by atoms with E-state index in [0.717, 1.165) is 12.0 Å². The number of rotatable bonds is 6. The van der Waals surface area contributed by atoms with Crippen LogP contribution in [0.2, 0.25) is 0 Å². The summed E-state index contributed by atoms with van der Waals surface area (Å²) >= 11 is 0. The second kappa shape index (κ2) is 8.60. The Morgan fingerprint density at radius 2 is 1.69 bits per heavy atom.